The van der Waals surface area contributed by atoms with Crippen LogP contribution in [0.15, 0.2) is 18.3 Å². The average Bonchev–Trinajstić information content (AvgIpc) is 2.47. The van der Waals surface area contributed by atoms with Gasteiger partial charge >= 0.3 is 0 Å². The molecule has 1 saturated heterocycles. The number of rotatable bonds is 3. The molecule has 0 aromatic carbocycles. The summed E-state index contributed by atoms with van der Waals surface area (Å²) in [4.78, 5) is 6.27. The molecule has 2 heterocycles. The second-order valence-electron chi connectivity index (χ2n) is 5.00. The SMILES string of the molecule is CC(C)S(=O)(=O)N1CCN(c2ccc(C#N)cn2)CC1. The van der Waals surface area contributed by atoms with Crippen molar-refractivity contribution in [1.29, 1.82) is 5.26 Å². The molecule has 108 valence electrons. The monoisotopic (exact) mass is 294 g/mol. The Hall–Kier alpha value is -1.65. The molecule has 7 heteroatoms. The summed E-state index contributed by atoms with van der Waals surface area (Å²) in [6, 6.07) is 5.55. The second-order valence-corrected chi connectivity index (χ2v) is 7.49. The van der Waals surface area contributed by atoms with E-state index in [1.165, 1.54) is 10.5 Å². The van der Waals surface area contributed by atoms with Crippen LogP contribution in [0.5, 0.6) is 0 Å². The second kappa shape index (κ2) is 5.77. The Morgan fingerprint density at radius 3 is 2.35 bits per heavy atom. The zero-order valence-corrected chi connectivity index (χ0v) is 12.5. The number of nitriles is 1. The summed E-state index contributed by atoms with van der Waals surface area (Å²) in [5, 5.41) is 8.35. The number of hydrogen-bond donors (Lipinski definition) is 0. The van der Waals surface area contributed by atoms with Crippen molar-refractivity contribution in [3.63, 3.8) is 0 Å². The first-order valence-corrected chi connectivity index (χ1v) is 8.05. The van der Waals surface area contributed by atoms with Crippen LogP contribution in [-0.2, 0) is 10.0 Å². The summed E-state index contributed by atoms with van der Waals surface area (Å²) in [7, 11) is -3.17. The van der Waals surface area contributed by atoms with E-state index in [1.807, 2.05) is 11.0 Å². The molecule has 0 radical (unpaired) electrons. The summed E-state index contributed by atoms with van der Waals surface area (Å²) in [5.41, 5.74) is 0.523. The Balaban J connectivity index is 2.03. The van der Waals surface area contributed by atoms with Crippen LogP contribution in [0.25, 0.3) is 0 Å². The quantitative estimate of drug-likeness (QED) is 0.824. The van der Waals surface area contributed by atoms with E-state index in [1.54, 1.807) is 26.0 Å². The van der Waals surface area contributed by atoms with Crippen LogP contribution in [-0.4, -0.2) is 49.1 Å². The van der Waals surface area contributed by atoms with Crippen molar-refractivity contribution in [2.45, 2.75) is 19.1 Å². The van der Waals surface area contributed by atoms with Gasteiger partial charge in [-0.2, -0.15) is 9.57 Å². The number of pyridine rings is 1. The number of piperazine rings is 1. The first kappa shape index (κ1) is 14.8. The number of aromatic nitrogens is 1. The van der Waals surface area contributed by atoms with Gasteiger partial charge in [0.2, 0.25) is 10.0 Å². The number of nitrogens with zero attached hydrogens (tertiary/aromatic N) is 4. The molecule has 6 nitrogen and oxygen atoms in total. The Bertz CT molecular complexity index is 596. The number of sulfonamides is 1. The third-order valence-corrected chi connectivity index (χ3v) is 5.67. The molecule has 0 amide bonds. The molecule has 1 aliphatic heterocycles. The van der Waals surface area contributed by atoms with Gasteiger partial charge in [0, 0.05) is 32.4 Å². The standard InChI is InChI=1S/C13H18N4O2S/c1-11(2)20(18,19)17-7-5-16(6-8-17)13-4-3-12(9-14)10-15-13/h3-4,10-11H,5-8H2,1-2H3. The van der Waals surface area contributed by atoms with Crippen molar-refractivity contribution >= 4 is 15.8 Å². The van der Waals surface area contributed by atoms with Crippen LogP contribution in [0.3, 0.4) is 0 Å². The molecule has 0 N–H and O–H groups in total. The normalized spacial score (nSPS) is 17.2. The molecule has 1 aromatic rings. The van der Waals surface area contributed by atoms with Crippen molar-refractivity contribution in [3.8, 4) is 6.07 Å². The molecular formula is C13H18N4O2S. The molecule has 1 fully saturated rings. The molecule has 1 aliphatic rings. The third-order valence-electron chi connectivity index (χ3n) is 3.40. The smallest absolute Gasteiger partial charge is 0.216 e. The largest absolute Gasteiger partial charge is 0.354 e. The van der Waals surface area contributed by atoms with E-state index in [2.05, 4.69) is 4.98 Å². The van der Waals surface area contributed by atoms with Gasteiger partial charge in [0.25, 0.3) is 0 Å². The minimum atomic E-state index is -3.17. The van der Waals surface area contributed by atoms with Gasteiger partial charge in [-0.25, -0.2) is 13.4 Å². The van der Waals surface area contributed by atoms with Gasteiger partial charge in [-0.1, -0.05) is 0 Å². The van der Waals surface area contributed by atoms with Gasteiger partial charge in [0.1, 0.15) is 11.9 Å². The Labute approximate surface area is 119 Å². The van der Waals surface area contributed by atoms with Crippen molar-refractivity contribution in [1.82, 2.24) is 9.29 Å². The van der Waals surface area contributed by atoms with Crippen molar-refractivity contribution in [2.24, 2.45) is 0 Å². The van der Waals surface area contributed by atoms with E-state index in [0.717, 1.165) is 5.82 Å². The van der Waals surface area contributed by atoms with Gasteiger partial charge < -0.3 is 4.90 Å². The van der Waals surface area contributed by atoms with E-state index < -0.39 is 10.0 Å². The van der Waals surface area contributed by atoms with Crippen molar-refractivity contribution in [2.75, 3.05) is 31.1 Å². The zero-order valence-electron chi connectivity index (χ0n) is 11.7. The van der Waals surface area contributed by atoms with E-state index in [9.17, 15) is 8.42 Å². The fraction of sp³-hybridized carbons (Fsp3) is 0.538. The van der Waals surface area contributed by atoms with Gasteiger partial charge in [-0.15, -0.1) is 0 Å². The Morgan fingerprint density at radius 2 is 1.90 bits per heavy atom. The summed E-state index contributed by atoms with van der Waals surface area (Å²) in [6.45, 7) is 5.58. The molecule has 2 rings (SSSR count). The van der Waals surface area contributed by atoms with Crippen LogP contribution in [0, 0.1) is 11.3 Å². The number of anilines is 1. The lowest BCUT2D eigenvalue weighted by Gasteiger charge is -2.35. The molecular weight excluding hydrogens is 276 g/mol. The first-order chi connectivity index (χ1) is 9.45. The lowest BCUT2D eigenvalue weighted by molar-refractivity contribution is 0.380. The molecule has 0 bridgehead atoms. The highest BCUT2D eigenvalue weighted by atomic mass is 32.2. The van der Waals surface area contributed by atoms with E-state index in [0.29, 0.717) is 31.7 Å². The summed E-state index contributed by atoms with van der Waals surface area (Å²) in [6.07, 6.45) is 1.53. The highest BCUT2D eigenvalue weighted by Gasteiger charge is 2.29. The van der Waals surface area contributed by atoms with E-state index in [-0.39, 0.29) is 5.25 Å². The summed E-state index contributed by atoms with van der Waals surface area (Å²) < 4.78 is 25.7. The highest BCUT2D eigenvalue weighted by molar-refractivity contribution is 7.89. The lowest BCUT2D eigenvalue weighted by Crippen LogP contribution is -2.50. The van der Waals surface area contributed by atoms with E-state index >= 15 is 0 Å². The van der Waals surface area contributed by atoms with Crippen molar-refractivity contribution in [3.05, 3.63) is 23.9 Å². The minimum absolute atomic E-state index is 0.387. The predicted molar refractivity (Wildman–Crippen MR) is 76.8 cm³/mol. The van der Waals surface area contributed by atoms with Crippen LogP contribution in [0.1, 0.15) is 19.4 Å². The first-order valence-electron chi connectivity index (χ1n) is 6.55. The molecule has 0 unspecified atom stereocenters. The Kier molecular flexibility index (Phi) is 4.26. The molecule has 0 saturated carbocycles. The number of hydrogen-bond acceptors (Lipinski definition) is 5. The fourth-order valence-electron chi connectivity index (χ4n) is 2.11. The fourth-order valence-corrected chi connectivity index (χ4v) is 3.38. The van der Waals surface area contributed by atoms with Crippen LogP contribution in [0.4, 0.5) is 5.82 Å². The molecule has 0 spiro atoms. The van der Waals surface area contributed by atoms with Gasteiger partial charge in [0.15, 0.2) is 0 Å². The van der Waals surface area contributed by atoms with Crippen LogP contribution < -0.4 is 4.90 Å². The summed E-state index contributed by atoms with van der Waals surface area (Å²) in [5.74, 6) is 0.783. The van der Waals surface area contributed by atoms with Gasteiger partial charge in [0.05, 0.1) is 10.8 Å². The van der Waals surface area contributed by atoms with Crippen LogP contribution in [0.2, 0.25) is 0 Å². The topological polar surface area (TPSA) is 77.3 Å². The molecule has 20 heavy (non-hydrogen) atoms. The molecule has 1 aromatic heterocycles. The third kappa shape index (κ3) is 2.92. The lowest BCUT2D eigenvalue weighted by atomic mass is 10.3. The molecule has 0 aliphatic carbocycles. The summed E-state index contributed by atoms with van der Waals surface area (Å²) >= 11 is 0. The average molecular weight is 294 g/mol. The van der Waals surface area contributed by atoms with Gasteiger partial charge in [-0.3, -0.25) is 0 Å². The highest BCUT2D eigenvalue weighted by Crippen LogP contribution is 2.17. The van der Waals surface area contributed by atoms with Crippen molar-refractivity contribution < 1.29 is 8.42 Å². The molecule has 0 atom stereocenters. The Morgan fingerprint density at radius 1 is 1.25 bits per heavy atom. The van der Waals surface area contributed by atoms with E-state index in [4.69, 9.17) is 5.26 Å². The predicted octanol–water partition coefficient (Wildman–Crippen LogP) is 0.813. The maximum atomic E-state index is 12.1. The minimum Gasteiger partial charge on any atom is -0.354 e. The maximum absolute atomic E-state index is 12.1. The maximum Gasteiger partial charge on any atom is 0.216 e. The zero-order chi connectivity index (χ0) is 14.8. The van der Waals surface area contributed by atoms with Crippen LogP contribution >= 0.6 is 0 Å². The van der Waals surface area contributed by atoms with Gasteiger partial charge in [-0.05, 0) is 26.0 Å².